The molecule has 0 amide bonds. The van der Waals surface area contributed by atoms with E-state index >= 15 is 0 Å². The number of aromatic amines is 1. The number of hydrogen-bond donors (Lipinski definition) is 2. The van der Waals surface area contributed by atoms with Gasteiger partial charge in [-0.25, -0.2) is 4.68 Å². The van der Waals surface area contributed by atoms with Gasteiger partial charge in [0.25, 0.3) is 0 Å². The van der Waals surface area contributed by atoms with Crippen LogP contribution in [0.2, 0.25) is 0 Å². The largest absolute Gasteiger partial charge is 0.489 e. The summed E-state index contributed by atoms with van der Waals surface area (Å²) < 4.78 is 7.75. The van der Waals surface area contributed by atoms with E-state index in [4.69, 9.17) is 17.0 Å². The van der Waals surface area contributed by atoms with Crippen molar-refractivity contribution in [2.75, 3.05) is 12.0 Å². The fourth-order valence-electron chi connectivity index (χ4n) is 1.47. The van der Waals surface area contributed by atoms with Gasteiger partial charge in [-0.2, -0.15) is 5.10 Å². The van der Waals surface area contributed by atoms with Gasteiger partial charge in [0.05, 0.1) is 6.54 Å². The van der Waals surface area contributed by atoms with Crippen LogP contribution >= 0.6 is 12.2 Å². The number of hydrogen-bond acceptors (Lipinski definition) is 4. The van der Waals surface area contributed by atoms with Crippen LogP contribution in [0.15, 0.2) is 43.2 Å². The van der Waals surface area contributed by atoms with Gasteiger partial charge in [-0.1, -0.05) is 30.9 Å². The summed E-state index contributed by atoms with van der Waals surface area (Å²) in [5.41, 5.74) is 4.18. The fraction of sp³-hybridized carbons (Fsp3) is 0.167. The Balaban J connectivity index is 2.06. The zero-order valence-electron chi connectivity index (χ0n) is 9.80. The van der Waals surface area contributed by atoms with Crippen LogP contribution in [0, 0.1) is 4.77 Å². The summed E-state index contributed by atoms with van der Waals surface area (Å²) in [4.78, 5) is 0. The lowest BCUT2D eigenvalue weighted by atomic mass is 10.2. The summed E-state index contributed by atoms with van der Waals surface area (Å²) >= 11 is 5.04. The minimum Gasteiger partial charge on any atom is -0.489 e. The lowest BCUT2D eigenvalue weighted by Crippen LogP contribution is -2.14. The highest BCUT2D eigenvalue weighted by Crippen LogP contribution is 2.17. The molecule has 0 bridgehead atoms. The maximum atomic E-state index is 5.57. The van der Waals surface area contributed by atoms with Gasteiger partial charge in [-0.05, 0) is 18.3 Å². The van der Waals surface area contributed by atoms with E-state index in [-0.39, 0.29) is 0 Å². The van der Waals surface area contributed by atoms with Crippen molar-refractivity contribution in [3.05, 3.63) is 53.6 Å². The van der Waals surface area contributed by atoms with Gasteiger partial charge in [-0.3, -0.25) is 5.10 Å². The molecule has 1 heterocycles. The molecule has 2 N–H and O–H groups in total. The molecule has 1 aromatic heterocycles. The lowest BCUT2D eigenvalue weighted by molar-refractivity contribution is 0.359. The molecule has 0 radical (unpaired) electrons. The monoisotopic (exact) mass is 262 g/mol. The molecule has 6 heteroatoms. The van der Waals surface area contributed by atoms with Crippen molar-refractivity contribution in [2.24, 2.45) is 0 Å². The van der Waals surface area contributed by atoms with Gasteiger partial charge in [0.2, 0.25) is 4.77 Å². The molecule has 0 saturated carbocycles. The second kappa shape index (κ2) is 6.02. The highest BCUT2D eigenvalue weighted by Gasteiger charge is 2.02. The van der Waals surface area contributed by atoms with Crippen molar-refractivity contribution in [1.82, 2.24) is 14.9 Å². The average Bonchev–Trinajstić information content (AvgIpc) is 2.80. The third-order valence-electron chi connectivity index (χ3n) is 2.32. The Kier molecular flexibility index (Phi) is 4.14. The maximum absolute atomic E-state index is 5.57. The summed E-state index contributed by atoms with van der Waals surface area (Å²) in [5.74, 6) is 0.833. The number of aromatic nitrogens is 3. The number of ether oxygens (including phenoxy) is 1. The van der Waals surface area contributed by atoms with Crippen LogP contribution in [0.25, 0.3) is 0 Å². The van der Waals surface area contributed by atoms with Crippen LogP contribution in [0.5, 0.6) is 5.75 Å². The van der Waals surface area contributed by atoms with E-state index in [1.54, 1.807) is 17.1 Å². The predicted molar refractivity (Wildman–Crippen MR) is 72.6 cm³/mol. The minimum absolute atomic E-state index is 0.488. The summed E-state index contributed by atoms with van der Waals surface area (Å²) in [7, 11) is 0. The molecule has 0 spiro atoms. The molecule has 0 aliphatic rings. The normalized spacial score (nSPS) is 10.0. The SMILES string of the molecule is C=CCOc1ccccc1CNn1cn[nH]c1=S. The quantitative estimate of drug-likeness (QED) is 0.619. The van der Waals surface area contributed by atoms with E-state index in [9.17, 15) is 0 Å². The fourth-order valence-corrected chi connectivity index (χ4v) is 1.63. The van der Waals surface area contributed by atoms with Crippen LogP contribution in [-0.2, 0) is 6.54 Å². The van der Waals surface area contributed by atoms with Gasteiger partial charge >= 0.3 is 0 Å². The molecule has 2 rings (SSSR count). The van der Waals surface area contributed by atoms with E-state index in [0.29, 0.717) is 17.9 Å². The Morgan fingerprint density at radius 3 is 3.06 bits per heavy atom. The van der Waals surface area contributed by atoms with Crippen molar-refractivity contribution in [2.45, 2.75) is 6.54 Å². The van der Waals surface area contributed by atoms with E-state index < -0.39 is 0 Å². The second-order valence-corrected chi connectivity index (χ2v) is 3.96. The molecular formula is C12H14N4OS. The van der Waals surface area contributed by atoms with Crippen LogP contribution in [-0.4, -0.2) is 21.5 Å². The van der Waals surface area contributed by atoms with E-state index in [0.717, 1.165) is 11.3 Å². The van der Waals surface area contributed by atoms with Gasteiger partial charge in [0.15, 0.2) is 0 Å². The number of rotatable bonds is 6. The second-order valence-electron chi connectivity index (χ2n) is 3.57. The first-order valence-corrected chi connectivity index (χ1v) is 5.89. The van der Waals surface area contributed by atoms with E-state index in [1.165, 1.54) is 0 Å². The summed E-state index contributed by atoms with van der Waals surface area (Å²) in [6.07, 6.45) is 3.31. The van der Waals surface area contributed by atoms with E-state index in [2.05, 4.69) is 22.2 Å². The van der Waals surface area contributed by atoms with Crippen molar-refractivity contribution in [3.8, 4) is 5.75 Å². The molecule has 18 heavy (non-hydrogen) atoms. The highest BCUT2D eigenvalue weighted by atomic mass is 32.1. The topological polar surface area (TPSA) is 54.9 Å². The Bertz CT molecular complexity index is 575. The summed E-state index contributed by atoms with van der Waals surface area (Å²) in [6.45, 7) is 4.72. The third kappa shape index (κ3) is 2.98. The maximum Gasteiger partial charge on any atom is 0.214 e. The van der Waals surface area contributed by atoms with Crippen LogP contribution in [0.1, 0.15) is 5.56 Å². The molecule has 0 aliphatic carbocycles. The zero-order valence-corrected chi connectivity index (χ0v) is 10.6. The van der Waals surface area contributed by atoms with Crippen LogP contribution in [0.3, 0.4) is 0 Å². The Morgan fingerprint density at radius 2 is 2.33 bits per heavy atom. The Morgan fingerprint density at radius 1 is 1.50 bits per heavy atom. The van der Waals surface area contributed by atoms with Gasteiger partial charge in [-0.15, -0.1) is 0 Å². The molecule has 0 unspecified atom stereocenters. The Labute approximate surface area is 110 Å². The number of H-pyrrole nitrogens is 1. The van der Waals surface area contributed by atoms with Crippen LogP contribution < -0.4 is 10.2 Å². The molecular weight excluding hydrogens is 248 g/mol. The molecule has 1 aromatic carbocycles. The first-order chi connectivity index (χ1) is 8.81. The standard InChI is InChI=1S/C12H14N4OS/c1-2-7-17-11-6-4-3-5-10(11)8-14-16-9-13-15-12(16)18/h2-6,9,14H,1,7-8H2,(H,15,18). The number of nitrogens with one attached hydrogen (secondary N) is 2. The average molecular weight is 262 g/mol. The van der Waals surface area contributed by atoms with Gasteiger partial charge in [0, 0.05) is 5.56 Å². The molecule has 0 aliphatic heterocycles. The zero-order chi connectivity index (χ0) is 12.8. The lowest BCUT2D eigenvalue weighted by Gasteiger charge is -2.11. The first-order valence-electron chi connectivity index (χ1n) is 5.49. The first kappa shape index (κ1) is 12.4. The smallest absolute Gasteiger partial charge is 0.214 e. The highest BCUT2D eigenvalue weighted by molar-refractivity contribution is 7.71. The van der Waals surface area contributed by atoms with Crippen molar-refractivity contribution < 1.29 is 4.74 Å². The molecule has 94 valence electrons. The van der Waals surface area contributed by atoms with Gasteiger partial charge in [0.1, 0.15) is 18.7 Å². The summed E-state index contributed by atoms with van der Waals surface area (Å²) in [5, 5.41) is 6.51. The minimum atomic E-state index is 0.488. The predicted octanol–water partition coefficient (Wildman–Crippen LogP) is 2.25. The van der Waals surface area contributed by atoms with E-state index in [1.807, 2.05) is 24.3 Å². The van der Waals surface area contributed by atoms with Crippen molar-refractivity contribution >= 4 is 12.2 Å². The molecule has 0 saturated heterocycles. The van der Waals surface area contributed by atoms with Crippen molar-refractivity contribution in [1.29, 1.82) is 0 Å². The number of nitrogens with zero attached hydrogens (tertiary/aromatic N) is 2. The number of benzene rings is 1. The molecule has 5 nitrogen and oxygen atoms in total. The number of para-hydroxylation sites is 1. The molecule has 0 fully saturated rings. The van der Waals surface area contributed by atoms with Gasteiger partial charge < -0.3 is 10.2 Å². The van der Waals surface area contributed by atoms with Crippen LogP contribution in [0.4, 0.5) is 0 Å². The Hall–Kier alpha value is -2.08. The molecule has 0 atom stereocenters. The third-order valence-corrected chi connectivity index (χ3v) is 2.61. The van der Waals surface area contributed by atoms with Crippen molar-refractivity contribution in [3.63, 3.8) is 0 Å². The summed E-state index contributed by atoms with van der Waals surface area (Å²) in [6, 6.07) is 7.82. The molecule has 2 aromatic rings.